The van der Waals surface area contributed by atoms with E-state index in [9.17, 15) is 9.59 Å². The summed E-state index contributed by atoms with van der Waals surface area (Å²) in [7, 11) is 1.84. The molecule has 1 aromatic carbocycles. The van der Waals surface area contributed by atoms with Crippen LogP contribution < -0.4 is 15.5 Å². The number of carbonyl (C=O) groups excluding carboxylic acids is 2. The lowest BCUT2D eigenvalue weighted by Gasteiger charge is -2.17. The summed E-state index contributed by atoms with van der Waals surface area (Å²) in [4.78, 5) is 25.7. The van der Waals surface area contributed by atoms with E-state index in [1.807, 2.05) is 38.2 Å². The summed E-state index contributed by atoms with van der Waals surface area (Å²) in [5.41, 5.74) is 2.02. The van der Waals surface area contributed by atoms with Crippen LogP contribution >= 0.6 is 12.4 Å². The van der Waals surface area contributed by atoms with Crippen LogP contribution in [0.4, 0.5) is 5.69 Å². The van der Waals surface area contributed by atoms with Gasteiger partial charge in [-0.25, -0.2) is 0 Å². The minimum atomic E-state index is -0.249. The Morgan fingerprint density at radius 2 is 1.95 bits per heavy atom. The minimum Gasteiger partial charge on any atom is -0.355 e. The molecule has 5 nitrogen and oxygen atoms in total. The Balaban J connectivity index is 0.00000220. The van der Waals surface area contributed by atoms with Gasteiger partial charge in [0.2, 0.25) is 11.8 Å². The molecule has 1 unspecified atom stereocenters. The molecule has 2 amide bonds. The highest BCUT2D eigenvalue weighted by Gasteiger charge is 2.34. The summed E-state index contributed by atoms with van der Waals surface area (Å²) in [5, 5.41) is 5.82. The lowest BCUT2D eigenvalue weighted by atomic mass is 10.1. The average Bonchev–Trinajstić information content (AvgIpc) is 2.82. The van der Waals surface area contributed by atoms with E-state index in [-0.39, 0.29) is 30.1 Å². The third kappa shape index (κ3) is 4.44. The largest absolute Gasteiger partial charge is 0.355 e. The van der Waals surface area contributed by atoms with Crippen LogP contribution in [-0.4, -0.2) is 38.5 Å². The maximum absolute atomic E-state index is 12.0. The van der Waals surface area contributed by atoms with Crippen LogP contribution in [0, 0.1) is 12.8 Å². The van der Waals surface area contributed by atoms with Gasteiger partial charge in [0, 0.05) is 31.7 Å². The number of benzene rings is 1. The van der Waals surface area contributed by atoms with Crippen LogP contribution in [0.3, 0.4) is 0 Å². The van der Waals surface area contributed by atoms with E-state index in [0.717, 1.165) is 17.8 Å². The van der Waals surface area contributed by atoms with Crippen molar-refractivity contribution in [3.05, 3.63) is 29.8 Å². The van der Waals surface area contributed by atoms with Gasteiger partial charge in [-0.1, -0.05) is 17.7 Å². The molecule has 1 aromatic rings. The van der Waals surface area contributed by atoms with Crippen LogP contribution in [0.1, 0.15) is 12.0 Å². The van der Waals surface area contributed by atoms with Crippen LogP contribution in [0.2, 0.25) is 0 Å². The Morgan fingerprint density at radius 1 is 1.29 bits per heavy atom. The monoisotopic (exact) mass is 311 g/mol. The van der Waals surface area contributed by atoms with E-state index < -0.39 is 0 Å². The van der Waals surface area contributed by atoms with Gasteiger partial charge in [0.05, 0.1) is 5.92 Å². The van der Waals surface area contributed by atoms with Crippen molar-refractivity contribution in [2.45, 2.75) is 13.3 Å². The van der Waals surface area contributed by atoms with Crippen molar-refractivity contribution in [2.24, 2.45) is 5.92 Å². The van der Waals surface area contributed by atoms with Crippen LogP contribution in [0.15, 0.2) is 24.3 Å². The fourth-order valence-corrected chi connectivity index (χ4v) is 2.31. The van der Waals surface area contributed by atoms with E-state index in [4.69, 9.17) is 0 Å². The van der Waals surface area contributed by atoms with Crippen molar-refractivity contribution in [3.8, 4) is 0 Å². The minimum absolute atomic E-state index is 0. The van der Waals surface area contributed by atoms with Gasteiger partial charge < -0.3 is 15.5 Å². The summed E-state index contributed by atoms with van der Waals surface area (Å²) in [6, 6.07) is 7.80. The first-order valence-corrected chi connectivity index (χ1v) is 6.91. The molecule has 21 heavy (non-hydrogen) atoms. The number of rotatable bonds is 5. The van der Waals surface area contributed by atoms with Gasteiger partial charge in [0.1, 0.15) is 0 Å². The number of anilines is 1. The third-order valence-corrected chi connectivity index (χ3v) is 3.52. The van der Waals surface area contributed by atoms with E-state index in [0.29, 0.717) is 19.5 Å². The van der Waals surface area contributed by atoms with Gasteiger partial charge in [0.15, 0.2) is 0 Å². The molecular weight excluding hydrogens is 290 g/mol. The lowest BCUT2D eigenvalue weighted by Crippen LogP contribution is -2.36. The summed E-state index contributed by atoms with van der Waals surface area (Å²) in [5.74, 6) is -0.272. The third-order valence-electron chi connectivity index (χ3n) is 3.52. The van der Waals surface area contributed by atoms with Crippen molar-refractivity contribution in [3.63, 3.8) is 0 Å². The van der Waals surface area contributed by atoms with Crippen molar-refractivity contribution < 1.29 is 9.59 Å². The van der Waals surface area contributed by atoms with E-state index >= 15 is 0 Å². The highest BCUT2D eigenvalue weighted by Crippen LogP contribution is 2.25. The molecule has 0 spiro atoms. The number of nitrogens with zero attached hydrogens (tertiary/aromatic N) is 1. The molecule has 0 bridgehead atoms. The summed E-state index contributed by atoms with van der Waals surface area (Å²) in [6.45, 7) is 3.79. The number of halogens is 1. The number of nitrogens with one attached hydrogen (secondary N) is 2. The molecule has 0 aromatic heterocycles. The van der Waals surface area contributed by atoms with Gasteiger partial charge in [-0.2, -0.15) is 0 Å². The van der Waals surface area contributed by atoms with Gasteiger partial charge in [0.25, 0.3) is 0 Å². The highest BCUT2D eigenvalue weighted by molar-refractivity contribution is 6.00. The number of likely N-dealkylation sites (N-methyl/N-ethyl adjacent to an activating group) is 1. The second kappa shape index (κ2) is 8.00. The molecule has 1 heterocycles. The lowest BCUT2D eigenvalue weighted by molar-refractivity contribution is -0.126. The zero-order valence-corrected chi connectivity index (χ0v) is 13.2. The molecule has 0 saturated carbocycles. The molecule has 1 aliphatic heterocycles. The normalized spacial score (nSPS) is 17.5. The SMILES string of the molecule is CNCCNC(=O)C1CC(=O)N(c2ccc(C)cc2)C1.Cl. The smallest absolute Gasteiger partial charge is 0.227 e. The second-order valence-electron chi connectivity index (χ2n) is 5.14. The zero-order chi connectivity index (χ0) is 14.5. The number of amides is 2. The van der Waals surface area contributed by atoms with Crippen LogP contribution in [0.5, 0.6) is 0 Å². The topological polar surface area (TPSA) is 61.4 Å². The molecule has 6 heteroatoms. The molecule has 1 saturated heterocycles. The maximum atomic E-state index is 12.0. The molecule has 1 fully saturated rings. The highest BCUT2D eigenvalue weighted by atomic mass is 35.5. The number of carbonyl (C=O) groups is 2. The van der Waals surface area contributed by atoms with E-state index in [1.54, 1.807) is 4.90 Å². The molecule has 2 rings (SSSR count). The fourth-order valence-electron chi connectivity index (χ4n) is 2.31. The first-order valence-electron chi connectivity index (χ1n) is 6.91. The molecule has 1 aliphatic rings. The summed E-state index contributed by atoms with van der Waals surface area (Å²) < 4.78 is 0. The number of aryl methyl sites for hydroxylation is 1. The first kappa shape index (κ1) is 17.5. The van der Waals surface area contributed by atoms with Gasteiger partial charge >= 0.3 is 0 Å². The Morgan fingerprint density at radius 3 is 2.57 bits per heavy atom. The first-order chi connectivity index (χ1) is 9.61. The predicted octanol–water partition coefficient (Wildman–Crippen LogP) is 1.11. The van der Waals surface area contributed by atoms with Gasteiger partial charge in [-0.15, -0.1) is 12.4 Å². The van der Waals surface area contributed by atoms with Crippen molar-refractivity contribution in [1.29, 1.82) is 0 Å². The predicted molar refractivity (Wildman–Crippen MR) is 85.8 cm³/mol. The number of hydrogen-bond acceptors (Lipinski definition) is 3. The van der Waals surface area contributed by atoms with E-state index in [2.05, 4.69) is 10.6 Å². The average molecular weight is 312 g/mol. The van der Waals surface area contributed by atoms with Crippen molar-refractivity contribution in [1.82, 2.24) is 10.6 Å². The molecule has 0 aliphatic carbocycles. The molecule has 0 radical (unpaired) electrons. The zero-order valence-electron chi connectivity index (χ0n) is 12.4. The van der Waals surface area contributed by atoms with Crippen LogP contribution in [0.25, 0.3) is 0 Å². The summed E-state index contributed by atoms with van der Waals surface area (Å²) in [6.07, 6.45) is 0.291. The van der Waals surface area contributed by atoms with E-state index in [1.165, 1.54) is 0 Å². The molecule has 2 N–H and O–H groups in total. The van der Waals surface area contributed by atoms with Gasteiger partial charge in [-0.05, 0) is 26.1 Å². The van der Waals surface area contributed by atoms with Gasteiger partial charge in [-0.3, -0.25) is 9.59 Å². The standard InChI is InChI=1S/C15H21N3O2.ClH/c1-11-3-5-13(6-4-11)18-10-12(9-14(18)19)15(20)17-8-7-16-2;/h3-6,12,16H,7-10H2,1-2H3,(H,17,20);1H. The molecule has 116 valence electrons. The molecular formula is C15H22ClN3O2. The Bertz CT molecular complexity index is 490. The Hall–Kier alpha value is -1.59. The summed E-state index contributed by atoms with van der Waals surface area (Å²) >= 11 is 0. The van der Waals surface area contributed by atoms with Crippen molar-refractivity contribution in [2.75, 3.05) is 31.6 Å². The Labute approximate surface area is 131 Å². The quantitative estimate of drug-likeness (QED) is 0.801. The van der Waals surface area contributed by atoms with Crippen LogP contribution in [-0.2, 0) is 9.59 Å². The Kier molecular flexibility index (Phi) is 6.65. The van der Waals surface area contributed by atoms with Crippen molar-refractivity contribution >= 4 is 29.9 Å². The number of hydrogen-bond donors (Lipinski definition) is 2. The fraction of sp³-hybridized carbons (Fsp3) is 0.467. The second-order valence-corrected chi connectivity index (χ2v) is 5.14. The maximum Gasteiger partial charge on any atom is 0.227 e. The molecule has 1 atom stereocenters.